The molecule has 1 saturated heterocycles. The van der Waals surface area contributed by atoms with Gasteiger partial charge in [0.15, 0.2) is 5.76 Å². The van der Waals surface area contributed by atoms with Crippen LogP contribution >= 0.6 is 11.6 Å². The highest BCUT2D eigenvalue weighted by molar-refractivity contribution is 6.31. The second-order valence-corrected chi connectivity index (χ2v) is 7.37. The number of anilines is 1. The van der Waals surface area contributed by atoms with E-state index in [4.69, 9.17) is 16.0 Å². The van der Waals surface area contributed by atoms with E-state index in [2.05, 4.69) is 27.8 Å². The maximum absolute atomic E-state index is 12.6. The predicted molar refractivity (Wildman–Crippen MR) is 115 cm³/mol. The van der Waals surface area contributed by atoms with Crippen molar-refractivity contribution in [2.45, 2.75) is 13.8 Å². The highest BCUT2D eigenvalue weighted by atomic mass is 35.5. The zero-order valence-electron chi connectivity index (χ0n) is 16.6. The summed E-state index contributed by atoms with van der Waals surface area (Å²) in [4.78, 5) is 30.5. The van der Waals surface area contributed by atoms with Crippen molar-refractivity contribution in [3.05, 3.63) is 69.1 Å². The highest BCUT2D eigenvalue weighted by Crippen LogP contribution is 2.23. The molecule has 1 aliphatic heterocycles. The van der Waals surface area contributed by atoms with Crippen molar-refractivity contribution >= 4 is 29.3 Å². The average Bonchev–Trinajstić information content (AvgIpc) is 3.03. The van der Waals surface area contributed by atoms with Crippen molar-refractivity contribution in [2.75, 3.05) is 37.6 Å². The molecule has 0 radical (unpaired) electrons. The van der Waals surface area contributed by atoms with Crippen LogP contribution in [0.2, 0.25) is 5.02 Å². The summed E-state index contributed by atoms with van der Waals surface area (Å²) >= 11 is 6.10. The third-order valence-corrected chi connectivity index (χ3v) is 5.38. The zero-order chi connectivity index (χ0) is 21.0. The highest BCUT2D eigenvalue weighted by Gasteiger charge is 2.21. The summed E-state index contributed by atoms with van der Waals surface area (Å²) in [7, 11) is 0. The minimum atomic E-state index is -0.512. The van der Waals surface area contributed by atoms with E-state index in [1.165, 1.54) is 0 Å². The average molecular weight is 417 g/mol. The third-order valence-electron chi connectivity index (χ3n) is 4.95. The fourth-order valence-corrected chi connectivity index (χ4v) is 3.32. The normalized spacial score (nSPS) is 14.8. The molecule has 1 aromatic carbocycles. The van der Waals surface area contributed by atoms with Crippen molar-refractivity contribution < 1.29 is 9.21 Å². The topological polar surface area (TPSA) is 81.6 Å². The molecule has 0 spiro atoms. The quantitative estimate of drug-likeness (QED) is 0.707. The summed E-state index contributed by atoms with van der Waals surface area (Å²) in [6, 6.07) is 5.99. The van der Waals surface area contributed by atoms with Crippen LogP contribution in [-0.4, -0.2) is 48.5 Å². The van der Waals surface area contributed by atoms with Crippen LogP contribution in [0.4, 0.5) is 5.69 Å². The van der Waals surface area contributed by atoms with Gasteiger partial charge in [-0.2, -0.15) is 0 Å². The number of rotatable bonds is 6. The number of nitrogens with one attached hydrogen (secondary N) is 2. The molecule has 1 aliphatic rings. The number of benzene rings is 1. The third kappa shape index (κ3) is 5.12. The van der Waals surface area contributed by atoms with Gasteiger partial charge in [-0.05, 0) is 43.7 Å². The van der Waals surface area contributed by atoms with Gasteiger partial charge < -0.3 is 19.5 Å². The molecule has 2 heterocycles. The van der Waals surface area contributed by atoms with Crippen molar-refractivity contribution in [3.8, 4) is 0 Å². The molecule has 1 amide bonds. The van der Waals surface area contributed by atoms with Gasteiger partial charge in [0, 0.05) is 48.7 Å². The van der Waals surface area contributed by atoms with E-state index in [1.807, 2.05) is 24.0 Å². The molecule has 0 atom stereocenters. The lowest BCUT2D eigenvalue weighted by Crippen LogP contribution is -2.50. The Morgan fingerprint density at radius 3 is 2.62 bits per heavy atom. The van der Waals surface area contributed by atoms with Gasteiger partial charge in [-0.3, -0.25) is 9.78 Å². The molecule has 2 aromatic rings. The summed E-state index contributed by atoms with van der Waals surface area (Å²) in [5, 5.41) is 3.81. The first-order valence-electron chi connectivity index (χ1n) is 9.44. The number of halogens is 1. The Kier molecular flexibility index (Phi) is 6.49. The van der Waals surface area contributed by atoms with Crippen LogP contribution in [0, 0.1) is 13.8 Å². The lowest BCUT2D eigenvalue weighted by molar-refractivity contribution is -0.130. The van der Waals surface area contributed by atoms with Crippen molar-refractivity contribution in [1.82, 2.24) is 15.2 Å². The number of allylic oxidation sites excluding steroid dienone is 1. The van der Waals surface area contributed by atoms with Crippen LogP contribution < -0.4 is 16.0 Å². The van der Waals surface area contributed by atoms with E-state index in [9.17, 15) is 9.59 Å². The van der Waals surface area contributed by atoms with Gasteiger partial charge in [0.05, 0.1) is 12.2 Å². The fourth-order valence-electron chi connectivity index (χ4n) is 3.21. The molecule has 29 heavy (non-hydrogen) atoms. The molecule has 0 unspecified atom stereocenters. The molecular weight excluding hydrogens is 392 g/mol. The Balaban J connectivity index is 1.54. The summed E-state index contributed by atoms with van der Waals surface area (Å²) in [6.45, 7) is 10.5. The number of aromatic nitrogens is 1. The Labute approximate surface area is 174 Å². The molecule has 2 N–H and O–H groups in total. The Morgan fingerprint density at radius 2 is 2.03 bits per heavy atom. The van der Waals surface area contributed by atoms with Gasteiger partial charge in [0.25, 0.3) is 0 Å². The van der Waals surface area contributed by atoms with E-state index in [1.54, 1.807) is 19.1 Å². The Morgan fingerprint density at radius 1 is 1.31 bits per heavy atom. The Hall–Kier alpha value is -2.93. The fraction of sp³-hybridized carbons (Fsp3) is 0.333. The summed E-state index contributed by atoms with van der Waals surface area (Å²) in [5.74, 6) is -0.0874. The number of amides is 1. The first-order chi connectivity index (χ1) is 13.9. The van der Waals surface area contributed by atoms with Crippen LogP contribution in [0.3, 0.4) is 0 Å². The first-order valence-corrected chi connectivity index (χ1v) is 9.81. The SMILES string of the molecule is C=C/C(=C\c1oc(=O)[nH]c1C)NCC(=O)N1CCN(c2ccc(Cl)c(C)c2)CC1. The number of carbonyl (C=O) groups is 1. The predicted octanol–water partition coefficient (Wildman–Crippen LogP) is 2.70. The number of H-pyrrole nitrogens is 1. The van der Waals surface area contributed by atoms with E-state index in [-0.39, 0.29) is 12.5 Å². The van der Waals surface area contributed by atoms with Crippen LogP contribution in [0.25, 0.3) is 6.08 Å². The number of piperazine rings is 1. The minimum absolute atomic E-state index is 0.0110. The van der Waals surface area contributed by atoms with Gasteiger partial charge in [-0.25, -0.2) is 4.79 Å². The molecular formula is C21H25ClN4O3. The van der Waals surface area contributed by atoms with Gasteiger partial charge in [0.1, 0.15) is 0 Å². The minimum Gasteiger partial charge on any atom is -0.408 e. The second-order valence-electron chi connectivity index (χ2n) is 6.96. The maximum Gasteiger partial charge on any atom is 0.417 e. The molecule has 7 nitrogen and oxygen atoms in total. The van der Waals surface area contributed by atoms with Gasteiger partial charge in [-0.1, -0.05) is 18.2 Å². The van der Waals surface area contributed by atoms with Crippen LogP contribution in [0.15, 0.2) is 45.8 Å². The number of hydrogen-bond donors (Lipinski definition) is 2. The van der Waals surface area contributed by atoms with Crippen molar-refractivity contribution in [2.24, 2.45) is 0 Å². The molecule has 0 bridgehead atoms. The number of aromatic amines is 1. The summed E-state index contributed by atoms with van der Waals surface area (Å²) in [6.07, 6.45) is 3.23. The van der Waals surface area contributed by atoms with E-state index in [0.29, 0.717) is 30.2 Å². The first kappa shape index (κ1) is 20.8. The maximum atomic E-state index is 12.6. The van der Waals surface area contributed by atoms with Gasteiger partial charge in [0.2, 0.25) is 5.91 Å². The molecule has 8 heteroatoms. The molecule has 0 saturated carbocycles. The molecule has 0 aliphatic carbocycles. The van der Waals surface area contributed by atoms with Crippen LogP contribution in [0.5, 0.6) is 0 Å². The monoisotopic (exact) mass is 416 g/mol. The summed E-state index contributed by atoms with van der Waals surface area (Å²) < 4.78 is 5.05. The Bertz CT molecular complexity index is 984. The van der Waals surface area contributed by atoms with Gasteiger partial charge >= 0.3 is 5.76 Å². The number of carbonyl (C=O) groups excluding carboxylic acids is 1. The summed E-state index contributed by atoms with van der Waals surface area (Å²) in [5.41, 5.74) is 3.40. The molecule has 3 rings (SSSR count). The van der Waals surface area contributed by atoms with E-state index < -0.39 is 5.76 Å². The lowest BCUT2D eigenvalue weighted by atomic mass is 10.2. The number of hydrogen-bond acceptors (Lipinski definition) is 5. The van der Waals surface area contributed by atoms with E-state index in [0.717, 1.165) is 29.4 Å². The van der Waals surface area contributed by atoms with Gasteiger partial charge in [-0.15, -0.1) is 0 Å². The van der Waals surface area contributed by atoms with Crippen LogP contribution in [0.1, 0.15) is 17.0 Å². The number of oxazole rings is 1. The number of nitrogens with zero attached hydrogens (tertiary/aromatic N) is 2. The second kappa shape index (κ2) is 9.05. The standard InChI is InChI=1S/C21H25ClN4O3/c1-4-16(12-19-15(3)24-21(28)29-19)23-13-20(27)26-9-7-25(8-10-26)17-5-6-18(22)14(2)11-17/h4-6,11-12,23H,1,7-10,13H2,2-3H3,(H,24,28)/b16-12+. The molecule has 154 valence electrons. The largest absolute Gasteiger partial charge is 0.417 e. The number of aryl methyl sites for hydroxylation is 2. The molecule has 1 aromatic heterocycles. The van der Waals surface area contributed by atoms with Crippen molar-refractivity contribution in [1.29, 1.82) is 0 Å². The van der Waals surface area contributed by atoms with Crippen LogP contribution in [-0.2, 0) is 4.79 Å². The lowest BCUT2D eigenvalue weighted by Gasteiger charge is -2.36. The smallest absolute Gasteiger partial charge is 0.408 e. The zero-order valence-corrected chi connectivity index (χ0v) is 17.4. The van der Waals surface area contributed by atoms with Crippen molar-refractivity contribution in [3.63, 3.8) is 0 Å². The van der Waals surface area contributed by atoms with E-state index >= 15 is 0 Å². The molecule has 1 fully saturated rings.